The molecule has 0 saturated heterocycles. The lowest BCUT2D eigenvalue weighted by molar-refractivity contribution is -0.385. The fraction of sp³-hybridized carbons (Fsp3) is 0.0769. The Labute approximate surface area is 124 Å². The quantitative estimate of drug-likeness (QED) is 0.650. The molecule has 7 nitrogen and oxygen atoms in total. The molecule has 8 heteroatoms. The van der Waals surface area contributed by atoms with Crippen LogP contribution in [0.1, 0.15) is 15.9 Å². The lowest BCUT2D eigenvalue weighted by Gasteiger charge is -2.07. The summed E-state index contributed by atoms with van der Waals surface area (Å²) in [5, 5.41) is 22.5. The van der Waals surface area contributed by atoms with E-state index in [0.717, 1.165) is 11.8 Å². The van der Waals surface area contributed by atoms with Gasteiger partial charge < -0.3 is 10.4 Å². The zero-order chi connectivity index (χ0) is 15.4. The summed E-state index contributed by atoms with van der Waals surface area (Å²) < 4.78 is 0. The molecule has 0 spiro atoms. The maximum Gasteiger partial charge on any atom is 0.335 e. The lowest BCUT2D eigenvalue weighted by atomic mass is 10.1. The maximum atomic E-state index is 10.9. The topological polar surface area (TPSA) is 105 Å². The molecule has 2 aromatic rings. The first kappa shape index (κ1) is 14.7. The first-order valence-electron chi connectivity index (χ1n) is 5.83. The third-order valence-corrected chi connectivity index (χ3v) is 2.96. The Morgan fingerprint density at radius 1 is 1.43 bits per heavy atom. The summed E-state index contributed by atoms with van der Waals surface area (Å²) in [5.41, 5.74) is 0.710. The predicted molar refractivity (Wildman–Crippen MR) is 76.6 cm³/mol. The fourth-order valence-corrected chi connectivity index (χ4v) is 1.89. The van der Waals surface area contributed by atoms with Gasteiger partial charge in [-0.3, -0.25) is 10.1 Å². The van der Waals surface area contributed by atoms with Crippen LogP contribution in [-0.2, 0) is 6.54 Å². The third kappa shape index (κ3) is 3.67. The summed E-state index contributed by atoms with van der Waals surface area (Å²) in [7, 11) is 0. The molecule has 1 heterocycles. The summed E-state index contributed by atoms with van der Waals surface area (Å²) >= 11 is 5.90. The lowest BCUT2D eigenvalue weighted by Crippen LogP contribution is -2.04. The molecule has 2 N–H and O–H groups in total. The molecule has 21 heavy (non-hydrogen) atoms. The number of nitrogens with zero attached hydrogens (tertiary/aromatic N) is 2. The third-order valence-electron chi connectivity index (χ3n) is 2.67. The number of benzene rings is 1. The van der Waals surface area contributed by atoms with Gasteiger partial charge in [-0.25, -0.2) is 9.78 Å². The van der Waals surface area contributed by atoms with Crippen molar-refractivity contribution in [3.8, 4) is 0 Å². The number of carboxylic acids is 1. The standard InChI is InChI=1S/C13H10ClN3O4/c14-11-5-10(17(20)21)7-16-12(11)15-6-8-2-1-3-9(4-8)13(18)19/h1-5,7H,6H2,(H,15,16)(H,18,19). The number of aromatic nitrogens is 1. The van der Waals surface area contributed by atoms with E-state index in [1.807, 2.05) is 0 Å². The van der Waals surface area contributed by atoms with Crippen molar-refractivity contribution in [3.63, 3.8) is 0 Å². The first-order chi connectivity index (χ1) is 9.97. The molecule has 0 saturated carbocycles. The average Bonchev–Trinajstić information content (AvgIpc) is 2.46. The largest absolute Gasteiger partial charge is 0.478 e. The first-order valence-corrected chi connectivity index (χ1v) is 6.21. The van der Waals surface area contributed by atoms with Gasteiger partial charge in [-0.05, 0) is 17.7 Å². The number of pyridine rings is 1. The van der Waals surface area contributed by atoms with Crippen molar-refractivity contribution >= 4 is 29.1 Å². The van der Waals surface area contributed by atoms with Crippen LogP contribution in [0, 0.1) is 10.1 Å². The van der Waals surface area contributed by atoms with Gasteiger partial charge >= 0.3 is 5.97 Å². The smallest absolute Gasteiger partial charge is 0.335 e. The molecule has 0 unspecified atom stereocenters. The second-order valence-electron chi connectivity index (χ2n) is 4.14. The van der Waals surface area contributed by atoms with Crippen LogP contribution < -0.4 is 5.32 Å². The van der Waals surface area contributed by atoms with Gasteiger partial charge in [0.15, 0.2) is 0 Å². The van der Waals surface area contributed by atoms with E-state index in [0.29, 0.717) is 12.4 Å². The number of hydrogen-bond acceptors (Lipinski definition) is 5. The Hall–Kier alpha value is -2.67. The Balaban J connectivity index is 2.11. The van der Waals surface area contributed by atoms with Crippen LogP contribution in [0.5, 0.6) is 0 Å². The van der Waals surface area contributed by atoms with Crippen molar-refractivity contribution in [2.45, 2.75) is 6.54 Å². The molecule has 0 aliphatic rings. The van der Waals surface area contributed by atoms with Crippen LogP contribution in [0.25, 0.3) is 0 Å². The fourth-order valence-electron chi connectivity index (χ4n) is 1.66. The highest BCUT2D eigenvalue weighted by Gasteiger charge is 2.11. The normalized spacial score (nSPS) is 10.1. The minimum atomic E-state index is -1.01. The van der Waals surface area contributed by atoms with E-state index in [1.54, 1.807) is 12.1 Å². The molecule has 0 aliphatic heterocycles. The van der Waals surface area contributed by atoms with E-state index >= 15 is 0 Å². The monoisotopic (exact) mass is 307 g/mol. The van der Waals surface area contributed by atoms with Crippen molar-refractivity contribution in [1.29, 1.82) is 0 Å². The SMILES string of the molecule is O=C(O)c1cccc(CNc2ncc([N+](=O)[O-])cc2Cl)c1. The van der Waals surface area contributed by atoms with Gasteiger partial charge in [0.1, 0.15) is 12.0 Å². The molecule has 0 amide bonds. The van der Waals surface area contributed by atoms with E-state index in [1.165, 1.54) is 18.2 Å². The predicted octanol–water partition coefficient (Wildman–Crippen LogP) is 2.95. The van der Waals surface area contributed by atoms with E-state index in [-0.39, 0.29) is 16.3 Å². The Kier molecular flexibility index (Phi) is 4.34. The summed E-state index contributed by atoms with van der Waals surface area (Å²) in [4.78, 5) is 24.7. The van der Waals surface area contributed by atoms with E-state index in [4.69, 9.17) is 16.7 Å². The second kappa shape index (κ2) is 6.19. The summed E-state index contributed by atoms with van der Waals surface area (Å²) in [5.74, 6) is -0.716. The molecular weight excluding hydrogens is 298 g/mol. The Morgan fingerprint density at radius 2 is 2.19 bits per heavy atom. The van der Waals surface area contributed by atoms with Gasteiger partial charge in [0.2, 0.25) is 0 Å². The van der Waals surface area contributed by atoms with Gasteiger partial charge in [-0.2, -0.15) is 0 Å². The van der Waals surface area contributed by atoms with Gasteiger partial charge in [0, 0.05) is 12.6 Å². The number of anilines is 1. The highest BCUT2D eigenvalue weighted by atomic mass is 35.5. The van der Waals surface area contributed by atoms with Gasteiger partial charge in [0.05, 0.1) is 15.5 Å². The van der Waals surface area contributed by atoms with Gasteiger partial charge in [0.25, 0.3) is 5.69 Å². The number of aromatic carboxylic acids is 1. The number of nitrogens with one attached hydrogen (secondary N) is 1. The summed E-state index contributed by atoms with van der Waals surface area (Å²) in [6, 6.07) is 7.59. The van der Waals surface area contributed by atoms with Crippen molar-refractivity contribution in [2.75, 3.05) is 5.32 Å². The van der Waals surface area contributed by atoms with Gasteiger partial charge in [-0.1, -0.05) is 23.7 Å². The van der Waals surface area contributed by atoms with Crippen molar-refractivity contribution in [3.05, 3.63) is 62.8 Å². The number of carboxylic acid groups (broad SMARTS) is 1. The van der Waals surface area contributed by atoms with Crippen LogP contribution >= 0.6 is 11.6 Å². The Morgan fingerprint density at radius 3 is 2.81 bits per heavy atom. The zero-order valence-electron chi connectivity index (χ0n) is 10.6. The zero-order valence-corrected chi connectivity index (χ0v) is 11.4. The Bertz CT molecular complexity index is 706. The van der Waals surface area contributed by atoms with Crippen LogP contribution in [0.3, 0.4) is 0 Å². The number of rotatable bonds is 5. The molecule has 0 atom stereocenters. The second-order valence-corrected chi connectivity index (χ2v) is 4.55. The highest BCUT2D eigenvalue weighted by molar-refractivity contribution is 6.33. The van der Waals surface area contributed by atoms with Crippen molar-refractivity contribution < 1.29 is 14.8 Å². The number of halogens is 1. The summed E-state index contributed by atoms with van der Waals surface area (Å²) in [6.45, 7) is 0.297. The molecule has 1 aromatic heterocycles. The number of hydrogen-bond donors (Lipinski definition) is 2. The molecule has 2 rings (SSSR count). The molecule has 1 aromatic carbocycles. The van der Waals surface area contributed by atoms with Gasteiger partial charge in [-0.15, -0.1) is 0 Å². The van der Waals surface area contributed by atoms with Crippen LogP contribution in [0.2, 0.25) is 5.02 Å². The minimum Gasteiger partial charge on any atom is -0.478 e. The van der Waals surface area contributed by atoms with Crippen molar-refractivity contribution in [2.24, 2.45) is 0 Å². The van der Waals surface area contributed by atoms with Crippen LogP contribution in [-0.4, -0.2) is 21.0 Å². The average molecular weight is 308 g/mol. The van der Waals surface area contributed by atoms with E-state index < -0.39 is 10.9 Å². The highest BCUT2D eigenvalue weighted by Crippen LogP contribution is 2.24. The molecule has 0 fully saturated rings. The molecular formula is C13H10ClN3O4. The minimum absolute atomic E-state index is 0.124. The van der Waals surface area contributed by atoms with E-state index in [2.05, 4.69) is 10.3 Å². The van der Waals surface area contributed by atoms with Crippen LogP contribution in [0.4, 0.5) is 11.5 Å². The molecule has 0 radical (unpaired) electrons. The number of carbonyl (C=O) groups is 1. The molecule has 108 valence electrons. The maximum absolute atomic E-state index is 10.9. The molecule has 0 bridgehead atoms. The molecule has 0 aliphatic carbocycles. The summed E-state index contributed by atoms with van der Waals surface area (Å²) in [6.07, 6.45) is 1.10. The number of nitro groups is 1. The van der Waals surface area contributed by atoms with Crippen LogP contribution in [0.15, 0.2) is 36.5 Å². The van der Waals surface area contributed by atoms with Crippen molar-refractivity contribution in [1.82, 2.24) is 4.98 Å². The van der Waals surface area contributed by atoms with E-state index in [9.17, 15) is 14.9 Å².